The lowest BCUT2D eigenvalue weighted by atomic mass is 10.1. The van der Waals surface area contributed by atoms with E-state index in [0.717, 1.165) is 27.6 Å². The normalized spacial score (nSPS) is 11.8. The molecule has 0 aliphatic carbocycles. The van der Waals surface area contributed by atoms with Crippen molar-refractivity contribution in [3.05, 3.63) is 64.7 Å². The van der Waals surface area contributed by atoms with E-state index < -0.39 is 0 Å². The van der Waals surface area contributed by atoms with Crippen LogP contribution in [0.5, 0.6) is 5.75 Å². The number of ether oxygens (including phenoxy) is 1. The summed E-state index contributed by atoms with van der Waals surface area (Å²) in [4.78, 5) is 20.4. The van der Waals surface area contributed by atoms with Gasteiger partial charge in [-0.3, -0.25) is 9.78 Å². The minimum absolute atomic E-state index is 0.108. The molecule has 2 heterocycles. The second-order valence-electron chi connectivity index (χ2n) is 5.22. The first-order chi connectivity index (χ1) is 11.7. The fourth-order valence-electron chi connectivity index (χ4n) is 2.39. The Morgan fingerprint density at radius 2 is 2.04 bits per heavy atom. The summed E-state index contributed by atoms with van der Waals surface area (Å²) >= 11 is 1.52. The van der Waals surface area contributed by atoms with Crippen LogP contribution in [-0.2, 0) is 4.79 Å². The number of pyridine rings is 1. The molecule has 1 atom stereocenters. The topological polar surface area (TPSA) is 64.1 Å². The number of carbonyl (C=O) groups excluding carboxylic acids is 1. The number of hydrogen-bond donors (Lipinski definition) is 1. The third kappa shape index (κ3) is 3.60. The summed E-state index contributed by atoms with van der Waals surface area (Å²) in [6.45, 7) is 1.50. The van der Waals surface area contributed by atoms with E-state index in [1.807, 2.05) is 41.8 Å². The van der Waals surface area contributed by atoms with E-state index in [0.29, 0.717) is 0 Å². The maximum atomic E-state index is 11.7. The number of nitrogens with zero attached hydrogens (tertiary/aromatic N) is 2. The van der Waals surface area contributed by atoms with Crippen molar-refractivity contribution in [1.82, 2.24) is 15.3 Å². The zero-order chi connectivity index (χ0) is 16.9. The molecule has 0 spiro atoms. The van der Waals surface area contributed by atoms with Crippen LogP contribution >= 0.6 is 11.3 Å². The molecule has 0 aliphatic heterocycles. The fraction of sp³-hybridized carbons (Fsp3) is 0.167. The van der Waals surface area contributed by atoms with Gasteiger partial charge in [0.25, 0.3) is 0 Å². The molecule has 1 amide bonds. The molecule has 1 N–H and O–H groups in total. The van der Waals surface area contributed by atoms with Gasteiger partial charge in [-0.15, -0.1) is 11.3 Å². The van der Waals surface area contributed by atoms with E-state index in [2.05, 4.69) is 10.3 Å². The number of amides is 1. The highest BCUT2D eigenvalue weighted by Crippen LogP contribution is 2.30. The van der Waals surface area contributed by atoms with Gasteiger partial charge >= 0.3 is 0 Å². The number of aromatic nitrogens is 2. The van der Waals surface area contributed by atoms with Crippen molar-refractivity contribution < 1.29 is 9.53 Å². The van der Waals surface area contributed by atoms with Crippen LogP contribution in [0, 0.1) is 0 Å². The van der Waals surface area contributed by atoms with Gasteiger partial charge in [-0.05, 0) is 29.8 Å². The van der Waals surface area contributed by atoms with Gasteiger partial charge in [0.2, 0.25) is 5.91 Å². The van der Waals surface area contributed by atoms with E-state index in [1.54, 1.807) is 19.5 Å². The summed E-state index contributed by atoms with van der Waals surface area (Å²) < 4.78 is 5.28. The predicted molar refractivity (Wildman–Crippen MR) is 94.0 cm³/mol. The smallest absolute Gasteiger partial charge is 0.217 e. The van der Waals surface area contributed by atoms with Crippen LogP contribution in [-0.4, -0.2) is 23.0 Å². The molecule has 0 saturated heterocycles. The van der Waals surface area contributed by atoms with Crippen LogP contribution in [0.3, 0.4) is 0 Å². The molecular weight excluding hydrogens is 322 g/mol. The van der Waals surface area contributed by atoms with Crippen molar-refractivity contribution in [2.75, 3.05) is 7.11 Å². The Balaban J connectivity index is 1.97. The highest BCUT2D eigenvalue weighted by atomic mass is 32.1. The fourth-order valence-corrected chi connectivity index (χ4v) is 3.29. The molecule has 0 radical (unpaired) electrons. The van der Waals surface area contributed by atoms with E-state index in [4.69, 9.17) is 9.72 Å². The molecule has 0 bridgehead atoms. The first-order valence-corrected chi connectivity index (χ1v) is 8.32. The summed E-state index contributed by atoms with van der Waals surface area (Å²) in [5, 5.41) is 5.78. The standard InChI is InChI=1S/C18H17N3O2S/c1-12(22)20-17(14-4-3-5-15(10-14)23-2)18-21-16(11-24-18)13-6-8-19-9-7-13/h3-11,17H,1-2H3,(H,20,22). The van der Waals surface area contributed by atoms with Gasteiger partial charge in [-0.25, -0.2) is 4.98 Å². The van der Waals surface area contributed by atoms with E-state index in [-0.39, 0.29) is 11.9 Å². The molecule has 1 aromatic carbocycles. The number of carbonyl (C=O) groups is 1. The van der Waals surface area contributed by atoms with Crippen molar-refractivity contribution in [2.24, 2.45) is 0 Å². The predicted octanol–water partition coefficient (Wildman–Crippen LogP) is 3.44. The van der Waals surface area contributed by atoms with Gasteiger partial charge < -0.3 is 10.1 Å². The maximum Gasteiger partial charge on any atom is 0.217 e. The van der Waals surface area contributed by atoms with Gasteiger partial charge in [0.15, 0.2) is 0 Å². The zero-order valence-electron chi connectivity index (χ0n) is 13.4. The van der Waals surface area contributed by atoms with Gasteiger partial charge in [0.05, 0.1) is 12.8 Å². The molecule has 0 saturated carbocycles. The molecule has 3 aromatic rings. The monoisotopic (exact) mass is 339 g/mol. The van der Waals surface area contributed by atoms with Crippen molar-refractivity contribution in [2.45, 2.75) is 13.0 Å². The average Bonchev–Trinajstić information content (AvgIpc) is 3.10. The Labute approximate surface area is 144 Å². The summed E-state index contributed by atoms with van der Waals surface area (Å²) in [5.41, 5.74) is 2.80. The molecule has 6 heteroatoms. The lowest BCUT2D eigenvalue weighted by molar-refractivity contribution is -0.119. The lowest BCUT2D eigenvalue weighted by Gasteiger charge is -2.16. The summed E-state index contributed by atoms with van der Waals surface area (Å²) in [6.07, 6.45) is 3.48. The highest BCUT2D eigenvalue weighted by Gasteiger charge is 2.20. The Morgan fingerprint density at radius 3 is 2.75 bits per heavy atom. The molecule has 5 nitrogen and oxygen atoms in total. The second-order valence-corrected chi connectivity index (χ2v) is 6.11. The Kier molecular flexibility index (Phi) is 4.86. The summed E-state index contributed by atoms with van der Waals surface area (Å²) in [7, 11) is 1.62. The lowest BCUT2D eigenvalue weighted by Crippen LogP contribution is -2.26. The number of rotatable bonds is 5. The Hall–Kier alpha value is -2.73. The first kappa shape index (κ1) is 16.1. The number of hydrogen-bond acceptors (Lipinski definition) is 5. The average molecular weight is 339 g/mol. The number of nitrogens with one attached hydrogen (secondary N) is 1. The molecule has 2 aromatic heterocycles. The molecule has 3 rings (SSSR count). The SMILES string of the molecule is COc1cccc(C(NC(C)=O)c2nc(-c3ccncc3)cs2)c1. The molecule has 24 heavy (non-hydrogen) atoms. The maximum absolute atomic E-state index is 11.7. The minimum Gasteiger partial charge on any atom is -0.497 e. The van der Waals surface area contributed by atoms with Gasteiger partial charge in [-0.1, -0.05) is 12.1 Å². The van der Waals surface area contributed by atoms with Crippen molar-refractivity contribution in [1.29, 1.82) is 0 Å². The van der Waals surface area contributed by atoms with Crippen molar-refractivity contribution in [3.8, 4) is 17.0 Å². The minimum atomic E-state index is -0.307. The second kappa shape index (κ2) is 7.23. The summed E-state index contributed by atoms with van der Waals surface area (Å²) in [6, 6.07) is 11.2. The van der Waals surface area contributed by atoms with E-state index >= 15 is 0 Å². The number of thiazole rings is 1. The van der Waals surface area contributed by atoms with Crippen LogP contribution in [0.2, 0.25) is 0 Å². The van der Waals surface area contributed by atoms with Crippen molar-refractivity contribution >= 4 is 17.2 Å². The quantitative estimate of drug-likeness (QED) is 0.773. The van der Waals surface area contributed by atoms with Crippen LogP contribution in [0.1, 0.15) is 23.5 Å². The molecule has 1 unspecified atom stereocenters. The Morgan fingerprint density at radius 1 is 1.25 bits per heavy atom. The third-order valence-electron chi connectivity index (χ3n) is 3.52. The highest BCUT2D eigenvalue weighted by molar-refractivity contribution is 7.10. The molecule has 0 fully saturated rings. The van der Waals surface area contributed by atoms with Gasteiger partial charge in [-0.2, -0.15) is 0 Å². The zero-order valence-corrected chi connectivity index (χ0v) is 14.2. The van der Waals surface area contributed by atoms with Gasteiger partial charge in [0, 0.05) is 30.3 Å². The Bertz CT molecular complexity index is 833. The first-order valence-electron chi connectivity index (χ1n) is 7.44. The van der Waals surface area contributed by atoms with Crippen LogP contribution in [0.25, 0.3) is 11.3 Å². The number of benzene rings is 1. The van der Waals surface area contributed by atoms with Crippen LogP contribution < -0.4 is 10.1 Å². The third-order valence-corrected chi connectivity index (χ3v) is 4.43. The molecule has 122 valence electrons. The van der Waals surface area contributed by atoms with Gasteiger partial charge in [0.1, 0.15) is 16.8 Å². The number of methoxy groups -OCH3 is 1. The molecule has 0 aliphatic rings. The van der Waals surface area contributed by atoms with Crippen LogP contribution in [0.15, 0.2) is 54.2 Å². The van der Waals surface area contributed by atoms with Crippen molar-refractivity contribution in [3.63, 3.8) is 0 Å². The van der Waals surface area contributed by atoms with E-state index in [1.165, 1.54) is 18.3 Å². The largest absolute Gasteiger partial charge is 0.497 e. The molecular formula is C18H17N3O2S. The van der Waals surface area contributed by atoms with E-state index in [9.17, 15) is 4.79 Å². The summed E-state index contributed by atoms with van der Waals surface area (Å²) in [5.74, 6) is 0.636. The van der Waals surface area contributed by atoms with Crippen LogP contribution in [0.4, 0.5) is 0 Å².